The number of aliphatic hydroxyl groups is 1. The van der Waals surface area contributed by atoms with E-state index < -0.39 is 0 Å². The van der Waals surface area contributed by atoms with Gasteiger partial charge in [-0.15, -0.1) is 12.4 Å². The highest BCUT2D eigenvalue weighted by atomic mass is 35.5. The molecule has 1 unspecified atom stereocenters. The number of halogens is 1. The van der Waals surface area contributed by atoms with Gasteiger partial charge >= 0.3 is 0 Å². The predicted octanol–water partition coefficient (Wildman–Crippen LogP) is 1.65. The van der Waals surface area contributed by atoms with E-state index in [4.69, 9.17) is 9.47 Å². The van der Waals surface area contributed by atoms with Crippen molar-refractivity contribution in [2.75, 3.05) is 46.9 Å². The van der Waals surface area contributed by atoms with Crippen LogP contribution < -0.4 is 9.47 Å². The summed E-state index contributed by atoms with van der Waals surface area (Å²) in [4.78, 5) is 16.9. The van der Waals surface area contributed by atoms with Crippen molar-refractivity contribution in [3.05, 3.63) is 23.8 Å². The number of hydrogen-bond donors (Lipinski definition) is 1. The third-order valence-corrected chi connectivity index (χ3v) is 4.90. The molecule has 1 aromatic carbocycles. The zero-order chi connectivity index (χ0) is 17.1. The van der Waals surface area contributed by atoms with E-state index in [9.17, 15) is 9.90 Å². The van der Waals surface area contributed by atoms with Crippen molar-refractivity contribution >= 4 is 18.3 Å². The van der Waals surface area contributed by atoms with E-state index in [0.717, 1.165) is 32.5 Å². The van der Waals surface area contributed by atoms with Gasteiger partial charge in [0.15, 0.2) is 11.5 Å². The average Bonchev–Trinajstić information content (AvgIpc) is 3.46. The van der Waals surface area contributed by atoms with Crippen LogP contribution >= 0.6 is 12.4 Å². The van der Waals surface area contributed by atoms with Gasteiger partial charge in [0.2, 0.25) is 0 Å². The van der Waals surface area contributed by atoms with Crippen molar-refractivity contribution in [3.8, 4) is 11.5 Å². The van der Waals surface area contributed by atoms with Crippen LogP contribution in [0.2, 0.25) is 0 Å². The molecule has 1 aromatic rings. The molecule has 1 heterocycles. The van der Waals surface area contributed by atoms with Gasteiger partial charge in [-0.3, -0.25) is 9.69 Å². The summed E-state index contributed by atoms with van der Waals surface area (Å²) in [5.74, 6) is 1.50. The van der Waals surface area contributed by atoms with Crippen LogP contribution in [0, 0.1) is 5.92 Å². The molecule has 1 amide bonds. The minimum absolute atomic E-state index is 0. The van der Waals surface area contributed by atoms with Crippen LogP contribution in [0.25, 0.3) is 0 Å². The van der Waals surface area contributed by atoms with Crippen LogP contribution in [0.5, 0.6) is 11.5 Å². The monoisotopic (exact) mass is 370 g/mol. The maximum Gasteiger partial charge on any atom is 0.257 e. The normalized spacial score (nSPS) is 19.1. The van der Waals surface area contributed by atoms with E-state index in [1.807, 2.05) is 4.90 Å². The van der Waals surface area contributed by atoms with Crippen molar-refractivity contribution in [1.82, 2.24) is 9.80 Å². The van der Waals surface area contributed by atoms with Crippen molar-refractivity contribution in [3.63, 3.8) is 0 Å². The minimum Gasteiger partial charge on any atom is -0.493 e. The molecule has 25 heavy (non-hydrogen) atoms. The van der Waals surface area contributed by atoms with Gasteiger partial charge in [-0.1, -0.05) is 6.07 Å². The molecule has 1 aliphatic heterocycles. The van der Waals surface area contributed by atoms with Gasteiger partial charge < -0.3 is 19.5 Å². The van der Waals surface area contributed by atoms with Crippen LogP contribution in [0.3, 0.4) is 0 Å². The molecule has 1 atom stereocenters. The number of piperazine rings is 1. The standard InChI is InChI=1S/C18H26N2O4.ClH/c1-23-16-5-3-4-14(17(16)24-2)18(22)20-10-8-19(9-11-20)12-15(21)13-6-7-13;/h3-5,13,15,21H,6-12H2,1-2H3;1H. The second-order valence-corrected chi connectivity index (χ2v) is 6.54. The molecule has 140 valence electrons. The summed E-state index contributed by atoms with van der Waals surface area (Å²) in [5.41, 5.74) is 0.531. The Morgan fingerprint density at radius 3 is 2.44 bits per heavy atom. The quantitative estimate of drug-likeness (QED) is 0.825. The number of methoxy groups -OCH3 is 2. The zero-order valence-electron chi connectivity index (χ0n) is 14.8. The lowest BCUT2D eigenvalue weighted by Crippen LogP contribution is -2.50. The van der Waals surface area contributed by atoms with Crippen molar-refractivity contribution in [2.24, 2.45) is 5.92 Å². The van der Waals surface area contributed by atoms with Gasteiger partial charge in [-0.05, 0) is 30.9 Å². The second-order valence-electron chi connectivity index (χ2n) is 6.54. The first-order valence-corrected chi connectivity index (χ1v) is 8.54. The number of nitrogens with zero attached hydrogens (tertiary/aromatic N) is 2. The fraction of sp³-hybridized carbons (Fsp3) is 0.611. The average molecular weight is 371 g/mol. The lowest BCUT2D eigenvalue weighted by Gasteiger charge is -2.36. The summed E-state index contributed by atoms with van der Waals surface area (Å²) in [6.45, 7) is 3.63. The topological polar surface area (TPSA) is 62.2 Å². The summed E-state index contributed by atoms with van der Waals surface area (Å²) in [5, 5.41) is 10.1. The first kappa shape index (κ1) is 19.8. The third kappa shape index (κ3) is 4.57. The molecule has 2 aliphatic rings. The maximum absolute atomic E-state index is 12.8. The second kappa shape index (κ2) is 8.74. The number of rotatable bonds is 6. The number of aliphatic hydroxyl groups excluding tert-OH is 1. The summed E-state index contributed by atoms with van der Waals surface area (Å²) >= 11 is 0. The summed E-state index contributed by atoms with van der Waals surface area (Å²) < 4.78 is 10.6. The molecule has 0 bridgehead atoms. The molecule has 2 fully saturated rings. The van der Waals surface area contributed by atoms with E-state index >= 15 is 0 Å². The Morgan fingerprint density at radius 2 is 1.88 bits per heavy atom. The molecule has 0 spiro atoms. The first-order valence-electron chi connectivity index (χ1n) is 8.54. The lowest BCUT2D eigenvalue weighted by molar-refractivity contribution is 0.0486. The van der Waals surface area contributed by atoms with Gasteiger partial charge in [0.1, 0.15) is 0 Å². The Kier molecular flexibility index (Phi) is 6.93. The van der Waals surface area contributed by atoms with E-state index in [1.54, 1.807) is 32.4 Å². The van der Waals surface area contributed by atoms with Crippen LogP contribution in [-0.4, -0.2) is 73.9 Å². The van der Waals surface area contributed by atoms with Crippen molar-refractivity contribution in [1.29, 1.82) is 0 Å². The fourth-order valence-electron chi connectivity index (χ4n) is 3.25. The highest BCUT2D eigenvalue weighted by Gasteiger charge is 2.32. The van der Waals surface area contributed by atoms with Gasteiger partial charge in [0.05, 0.1) is 25.9 Å². The van der Waals surface area contributed by atoms with E-state index in [0.29, 0.717) is 36.1 Å². The number of β-amino-alcohol motifs (C(OH)–C–C–N with tert-alkyl or cyclic N) is 1. The van der Waals surface area contributed by atoms with E-state index in [-0.39, 0.29) is 24.4 Å². The molecule has 0 radical (unpaired) electrons. The highest BCUT2D eigenvalue weighted by molar-refractivity contribution is 5.97. The number of carbonyl (C=O) groups excluding carboxylic acids is 1. The van der Waals surface area contributed by atoms with Crippen LogP contribution in [0.15, 0.2) is 18.2 Å². The molecule has 0 aromatic heterocycles. The molecule has 6 nitrogen and oxygen atoms in total. The molecule has 1 N–H and O–H groups in total. The number of amides is 1. The van der Waals surface area contributed by atoms with Gasteiger partial charge in [-0.2, -0.15) is 0 Å². The highest BCUT2D eigenvalue weighted by Crippen LogP contribution is 2.33. The van der Waals surface area contributed by atoms with E-state index in [2.05, 4.69) is 4.90 Å². The molecule has 1 saturated heterocycles. The molecular weight excluding hydrogens is 344 g/mol. The largest absolute Gasteiger partial charge is 0.493 e. The first-order chi connectivity index (χ1) is 11.6. The number of carbonyl (C=O) groups is 1. The summed E-state index contributed by atoms with van der Waals surface area (Å²) in [6, 6.07) is 5.36. The Bertz CT molecular complexity index is 586. The zero-order valence-corrected chi connectivity index (χ0v) is 15.6. The smallest absolute Gasteiger partial charge is 0.257 e. The van der Waals surface area contributed by atoms with Crippen molar-refractivity contribution in [2.45, 2.75) is 18.9 Å². The predicted molar refractivity (Wildman–Crippen MR) is 97.9 cm³/mol. The minimum atomic E-state index is -0.217. The Morgan fingerprint density at radius 1 is 1.20 bits per heavy atom. The third-order valence-electron chi connectivity index (χ3n) is 4.90. The Labute approximate surface area is 155 Å². The Balaban J connectivity index is 0.00000225. The molecule has 7 heteroatoms. The fourth-order valence-corrected chi connectivity index (χ4v) is 3.25. The molecule has 1 saturated carbocycles. The summed E-state index contributed by atoms with van der Waals surface area (Å²) in [6.07, 6.45) is 2.08. The number of benzene rings is 1. The van der Waals surface area contributed by atoms with Gasteiger partial charge in [-0.25, -0.2) is 0 Å². The maximum atomic E-state index is 12.8. The molecule has 1 aliphatic carbocycles. The number of ether oxygens (including phenoxy) is 2. The Hall–Kier alpha value is -1.50. The number of para-hydroxylation sites is 1. The van der Waals surface area contributed by atoms with Crippen LogP contribution in [-0.2, 0) is 0 Å². The summed E-state index contributed by atoms with van der Waals surface area (Å²) in [7, 11) is 3.11. The van der Waals surface area contributed by atoms with Gasteiger partial charge in [0.25, 0.3) is 5.91 Å². The van der Waals surface area contributed by atoms with Crippen LogP contribution in [0.1, 0.15) is 23.2 Å². The molecular formula is C18H27ClN2O4. The SMILES string of the molecule is COc1cccc(C(=O)N2CCN(CC(O)C3CC3)CC2)c1OC.Cl. The van der Waals surface area contributed by atoms with Gasteiger partial charge in [0, 0.05) is 32.7 Å². The van der Waals surface area contributed by atoms with Crippen LogP contribution in [0.4, 0.5) is 0 Å². The van der Waals surface area contributed by atoms with E-state index in [1.165, 1.54) is 0 Å². The van der Waals surface area contributed by atoms with Crippen molar-refractivity contribution < 1.29 is 19.4 Å². The lowest BCUT2D eigenvalue weighted by atomic mass is 10.1. The number of hydrogen-bond acceptors (Lipinski definition) is 5. The molecule has 3 rings (SSSR count).